The monoisotopic (exact) mass is 455 g/mol. The van der Waals surface area contributed by atoms with Crippen molar-refractivity contribution in [2.24, 2.45) is 5.41 Å². The number of allylic oxidation sites excluding steroid dienone is 2. The van der Waals surface area contributed by atoms with Crippen LogP contribution in [0.5, 0.6) is 0 Å². The number of hydrogen-bond donors (Lipinski definition) is 2. The van der Waals surface area contributed by atoms with Crippen LogP contribution < -0.4 is 5.32 Å². The van der Waals surface area contributed by atoms with E-state index in [-0.39, 0.29) is 17.9 Å². The SMILES string of the molecule is C=CC[C@@]1(C)C[C@H](c2cccc(Cl)c2)[C@@H](c2ccc(Cl)cc2)N(/C(C=N)=C/NC)C1=O. The first kappa shape index (κ1) is 23.1. The fraction of sp³-hybridized carbons (Fsp3) is 0.280. The molecular formula is C25H27Cl2N3O. The first-order chi connectivity index (χ1) is 14.8. The highest BCUT2D eigenvalue weighted by atomic mass is 35.5. The Bertz CT molecular complexity index is 1000. The summed E-state index contributed by atoms with van der Waals surface area (Å²) in [7, 11) is 1.76. The first-order valence-corrected chi connectivity index (χ1v) is 10.9. The van der Waals surface area contributed by atoms with E-state index in [0.717, 1.165) is 11.1 Å². The van der Waals surface area contributed by atoms with Gasteiger partial charge in [-0.1, -0.05) is 60.5 Å². The molecule has 1 aliphatic rings. The van der Waals surface area contributed by atoms with E-state index < -0.39 is 5.41 Å². The van der Waals surface area contributed by atoms with Crippen LogP contribution in [0.25, 0.3) is 0 Å². The molecule has 4 nitrogen and oxygen atoms in total. The minimum atomic E-state index is -0.659. The second-order valence-corrected chi connectivity index (χ2v) is 8.97. The number of nitrogens with zero attached hydrogens (tertiary/aromatic N) is 1. The molecule has 31 heavy (non-hydrogen) atoms. The molecule has 6 heteroatoms. The van der Waals surface area contributed by atoms with Crippen LogP contribution in [0.3, 0.4) is 0 Å². The van der Waals surface area contributed by atoms with Crippen LogP contribution in [-0.2, 0) is 4.79 Å². The van der Waals surface area contributed by atoms with Crippen LogP contribution in [0.4, 0.5) is 0 Å². The summed E-state index contributed by atoms with van der Waals surface area (Å²) in [4.78, 5) is 15.6. The molecule has 0 spiro atoms. The number of carbonyl (C=O) groups is 1. The molecule has 1 aliphatic heterocycles. The lowest BCUT2D eigenvalue weighted by molar-refractivity contribution is -0.147. The molecule has 1 fully saturated rings. The molecule has 1 heterocycles. The smallest absolute Gasteiger partial charge is 0.233 e. The fourth-order valence-electron chi connectivity index (χ4n) is 4.46. The van der Waals surface area contributed by atoms with Crippen LogP contribution in [0, 0.1) is 10.8 Å². The molecule has 0 radical (unpaired) electrons. The highest BCUT2D eigenvalue weighted by Crippen LogP contribution is 2.52. The molecular weight excluding hydrogens is 429 g/mol. The van der Waals surface area contributed by atoms with Crippen molar-refractivity contribution in [2.45, 2.75) is 31.7 Å². The van der Waals surface area contributed by atoms with E-state index in [1.165, 1.54) is 6.21 Å². The number of nitrogens with one attached hydrogen (secondary N) is 2. The molecule has 2 N–H and O–H groups in total. The zero-order chi connectivity index (χ0) is 22.6. The van der Waals surface area contributed by atoms with E-state index in [0.29, 0.717) is 28.6 Å². The van der Waals surface area contributed by atoms with Gasteiger partial charge in [0, 0.05) is 35.4 Å². The maximum Gasteiger partial charge on any atom is 0.233 e. The van der Waals surface area contributed by atoms with Gasteiger partial charge in [-0.15, -0.1) is 6.58 Å². The molecule has 162 valence electrons. The maximum atomic E-state index is 13.9. The maximum absolute atomic E-state index is 13.9. The predicted molar refractivity (Wildman–Crippen MR) is 129 cm³/mol. The lowest BCUT2D eigenvalue weighted by Gasteiger charge is -2.49. The Hall–Kier alpha value is -2.56. The van der Waals surface area contributed by atoms with Gasteiger partial charge >= 0.3 is 0 Å². The molecule has 0 unspecified atom stereocenters. The van der Waals surface area contributed by atoms with Gasteiger partial charge in [0.1, 0.15) is 0 Å². The molecule has 1 saturated heterocycles. The van der Waals surface area contributed by atoms with E-state index in [4.69, 9.17) is 28.6 Å². The van der Waals surface area contributed by atoms with E-state index in [1.807, 2.05) is 55.5 Å². The van der Waals surface area contributed by atoms with E-state index in [1.54, 1.807) is 24.2 Å². The lowest BCUT2D eigenvalue weighted by Crippen LogP contribution is -2.51. The van der Waals surface area contributed by atoms with Crippen LogP contribution in [0.1, 0.15) is 42.9 Å². The number of benzene rings is 2. The van der Waals surface area contributed by atoms with Gasteiger partial charge in [-0.3, -0.25) is 4.79 Å². The minimum absolute atomic E-state index is 0.0318. The van der Waals surface area contributed by atoms with Gasteiger partial charge < -0.3 is 15.6 Å². The predicted octanol–water partition coefficient (Wildman–Crippen LogP) is 6.34. The number of halogens is 2. The quantitative estimate of drug-likeness (QED) is 0.377. The zero-order valence-electron chi connectivity index (χ0n) is 17.7. The number of carbonyl (C=O) groups excluding carboxylic acids is 1. The van der Waals surface area contributed by atoms with Crippen molar-refractivity contribution in [2.75, 3.05) is 7.05 Å². The number of piperidine rings is 1. The molecule has 1 amide bonds. The van der Waals surface area contributed by atoms with E-state index >= 15 is 0 Å². The largest absolute Gasteiger partial charge is 0.392 e. The third-order valence-electron chi connectivity index (χ3n) is 5.87. The molecule has 0 aliphatic carbocycles. The lowest BCUT2D eigenvalue weighted by atomic mass is 9.67. The molecule has 0 saturated carbocycles. The van der Waals surface area contributed by atoms with Gasteiger partial charge in [0.05, 0.1) is 17.2 Å². The van der Waals surface area contributed by atoms with Gasteiger partial charge in [0.2, 0.25) is 5.91 Å². The van der Waals surface area contributed by atoms with Gasteiger partial charge in [0.25, 0.3) is 0 Å². The highest BCUT2D eigenvalue weighted by molar-refractivity contribution is 6.30. The Morgan fingerprint density at radius 1 is 1.23 bits per heavy atom. The van der Waals surface area contributed by atoms with Crippen molar-refractivity contribution in [1.82, 2.24) is 10.2 Å². The summed E-state index contributed by atoms with van der Waals surface area (Å²) in [6, 6.07) is 15.0. The van der Waals surface area contributed by atoms with E-state index in [9.17, 15) is 4.79 Å². The third-order valence-corrected chi connectivity index (χ3v) is 6.35. The van der Waals surface area contributed by atoms with Crippen molar-refractivity contribution in [3.63, 3.8) is 0 Å². The number of hydrogen-bond acceptors (Lipinski definition) is 3. The summed E-state index contributed by atoms with van der Waals surface area (Å²) >= 11 is 12.5. The van der Waals surface area contributed by atoms with E-state index in [2.05, 4.69) is 11.9 Å². The zero-order valence-corrected chi connectivity index (χ0v) is 19.3. The van der Waals surface area contributed by atoms with Gasteiger partial charge in [0.15, 0.2) is 0 Å². The molecule has 3 rings (SSSR count). The topological polar surface area (TPSA) is 56.2 Å². The number of likely N-dealkylation sites (tertiary alicyclic amines) is 1. The van der Waals surface area contributed by atoms with Gasteiger partial charge in [-0.25, -0.2) is 0 Å². The van der Waals surface area contributed by atoms with Crippen LogP contribution in [-0.4, -0.2) is 24.1 Å². The van der Waals surface area contributed by atoms with Gasteiger partial charge in [-0.05, 0) is 48.2 Å². The Kier molecular flexibility index (Phi) is 7.24. The molecule has 2 aromatic rings. The Balaban J connectivity index is 2.27. The highest BCUT2D eigenvalue weighted by Gasteiger charge is 2.50. The van der Waals surface area contributed by atoms with Crippen LogP contribution in [0.15, 0.2) is 73.1 Å². The van der Waals surface area contributed by atoms with Crippen LogP contribution >= 0.6 is 23.2 Å². The average Bonchev–Trinajstić information content (AvgIpc) is 2.75. The standard InChI is InChI=1S/C25H27Cl2N3O/c1-4-12-25(2)14-22(18-6-5-7-20(27)13-18)23(17-8-10-19(26)11-9-17)30(24(25)31)21(15-28)16-29-3/h4-11,13,15-16,22-23,28-29H,1,12,14H2,2-3H3/b21-16+,28-15?/t22-,23-,25+/m1/s1. The minimum Gasteiger partial charge on any atom is -0.392 e. The van der Waals surface area contributed by atoms with Crippen molar-refractivity contribution in [3.05, 3.63) is 94.3 Å². The summed E-state index contributed by atoms with van der Waals surface area (Å²) in [5.74, 6) is -0.0710. The van der Waals surface area contributed by atoms with Crippen molar-refractivity contribution >= 4 is 35.3 Å². The second kappa shape index (κ2) is 9.71. The van der Waals surface area contributed by atoms with Gasteiger partial charge in [-0.2, -0.15) is 0 Å². The van der Waals surface area contributed by atoms with Crippen LogP contribution in [0.2, 0.25) is 10.0 Å². The fourth-order valence-corrected chi connectivity index (χ4v) is 4.78. The summed E-state index contributed by atoms with van der Waals surface area (Å²) in [5, 5.41) is 12.3. The summed E-state index contributed by atoms with van der Waals surface area (Å²) in [5.41, 5.74) is 1.84. The Morgan fingerprint density at radius 2 is 1.94 bits per heavy atom. The summed E-state index contributed by atoms with van der Waals surface area (Å²) in [6.07, 6.45) is 5.86. The normalized spacial score (nSPS) is 24.1. The Morgan fingerprint density at radius 3 is 2.52 bits per heavy atom. The molecule has 0 aromatic heterocycles. The molecule has 2 aromatic carbocycles. The second-order valence-electron chi connectivity index (χ2n) is 8.09. The number of amides is 1. The van der Waals surface area contributed by atoms with Crippen molar-refractivity contribution < 1.29 is 4.79 Å². The molecule has 0 bridgehead atoms. The van der Waals surface area contributed by atoms with Crippen molar-refractivity contribution in [1.29, 1.82) is 5.41 Å². The third kappa shape index (κ3) is 4.70. The Labute approximate surface area is 194 Å². The summed E-state index contributed by atoms with van der Waals surface area (Å²) < 4.78 is 0. The first-order valence-electron chi connectivity index (χ1n) is 10.2. The molecule has 3 atom stereocenters. The van der Waals surface area contributed by atoms with Crippen molar-refractivity contribution in [3.8, 4) is 0 Å². The number of rotatable bonds is 7. The average molecular weight is 456 g/mol. The summed E-state index contributed by atoms with van der Waals surface area (Å²) in [6.45, 7) is 5.85.